The van der Waals surface area contributed by atoms with E-state index in [0.29, 0.717) is 13.0 Å². The number of allylic oxidation sites excluding steroid dienone is 1. The molecule has 0 aromatic heterocycles. The summed E-state index contributed by atoms with van der Waals surface area (Å²) in [5, 5.41) is 10.7. The quantitative estimate of drug-likeness (QED) is 0.329. The highest BCUT2D eigenvalue weighted by atomic mass is 16.5. The zero-order valence-corrected chi connectivity index (χ0v) is 20.7. The SMILES string of the molecule is CC(C)C[C@@H](C(=O)NN(CC(C)C)C(=O)CN(C)C)[C@H](C/C=C/c1ccccc1)C(=O)NO. The van der Waals surface area contributed by atoms with E-state index in [4.69, 9.17) is 0 Å². The Kier molecular flexibility index (Phi) is 12.4. The van der Waals surface area contributed by atoms with Crippen LogP contribution in [0.2, 0.25) is 0 Å². The summed E-state index contributed by atoms with van der Waals surface area (Å²) in [6.07, 6.45) is 4.41. The number of carbonyl (C=O) groups excluding carboxylic acids is 3. The molecule has 1 aromatic rings. The van der Waals surface area contributed by atoms with Gasteiger partial charge in [0.25, 0.3) is 5.91 Å². The van der Waals surface area contributed by atoms with Crippen molar-refractivity contribution < 1.29 is 19.6 Å². The van der Waals surface area contributed by atoms with E-state index in [2.05, 4.69) is 5.43 Å². The second kappa shape index (κ2) is 14.4. The monoisotopic (exact) mass is 460 g/mol. The van der Waals surface area contributed by atoms with E-state index in [1.807, 2.05) is 70.2 Å². The number of hydrogen-bond donors (Lipinski definition) is 3. The number of hydrazine groups is 1. The Morgan fingerprint density at radius 3 is 2.12 bits per heavy atom. The van der Waals surface area contributed by atoms with Crippen molar-refractivity contribution in [3.05, 3.63) is 42.0 Å². The summed E-state index contributed by atoms with van der Waals surface area (Å²) in [6.45, 7) is 8.38. The highest BCUT2D eigenvalue weighted by Crippen LogP contribution is 2.25. The van der Waals surface area contributed by atoms with Crippen LogP contribution in [0.25, 0.3) is 6.08 Å². The lowest BCUT2D eigenvalue weighted by Gasteiger charge is -2.31. The van der Waals surface area contributed by atoms with Gasteiger partial charge in [-0.25, -0.2) is 5.48 Å². The van der Waals surface area contributed by atoms with E-state index in [-0.39, 0.29) is 30.7 Å². The van der Waals surface area contributed by atoms with Crippen molar-refractivity contribution in [2.24, 2.45) is 23.7 Å². The third-order valence-electron chi connectivity index (χ3n) is 5.04. The molecule has 0 spiro atoms. The summed E-state index contributed by atoms with van der Waals surface area (Å²) in [6, 6.07) is 9.64. The minimum absolute atomic E-state index is 0.129. The molecule has 33 heavy (non-hydrogen) atoms. The number of hydrogen-bond acceptors (Lipinski definition) is 5. The minimum Gasteiger partial charge on any atom is -0.301 e. The van der Waals surface area contributed by atoms with Crippen molar-refractivity contribution in [1.29, 1.82) is 0 Å². The first-order chi connectivity index (χ1) is 15.5. The zero-order chi connectivity index (χ0) is 25.0. The molecular weight excluding hydrogens is 420 g/mol. The van der Waals surface area contributed by atoms with Crippen LogP contribution in [-0.4, -0.2) is 60.0 Å². The van der Waals surface area contributed by atoms with Crippen molar-refractivity contribution in [3.63, 3.8) is 0 Å². The Hall–Kier alpha value is -2.71. The second-order valence-corrected chi connectivity index (χ2v) is 9.48. The van der Waals surface area contributed by atoms with E-state index < -0.39 is 23.7 Å². The maximum absolute atomic E-state index is 13.4. The predicted octanol–water partition coefficient (Wildman–Crippen LogP) is 2.95. The molecule has 1 aromatic carbocycles. The second-order valence-electron chi connectivity index (χ2n) is 9.48. The molecule has 0 fully saturated rings. The summed E-state index contributed by atoms with van der Waals surface area (Å²) in [7, 11) is 3.57. The predicted molar refractivity (Wildman–Crippen MR) is 130 cm³/mol. The van der Waals surface area contributed by atoms with Crippen molar-refractivity contribution in [2.45, 2.75) is 40.5 Å². The fourth-order valence-corrected chi connectivity index (χ4v) is 3.56. The number of amides is 3. The van der Waals surface area contributed by atoms with Gasteiger partial charge in [0.15, 0.2) is 0 Å². The van der Waals surface area contributed by atoms with Crippen LogP contribution in [0.1, 0.15) is 46.1 Å². The van der Waals surface area contributed by atoms with E-state index in [1.54, 1.807) is 24.5 Å². The van der Waals surface area contributed by atoms with Crippen LogP contribution in [0.3, 0.4) is 0 Å². The van der Waals surface area contributed by atoms with Gasteiger partial charge in [-0.15, -0.1) is 0 Å². The van der Waals surface area contributed by atoms with Gasteiger partial charge in [0.2, 0.25) is 11.8 Å². The topological polar surface area (TPSA) is 102 Å². The molecule has 0 bridgehead atoms. The number of benzene rings is 1. The van der Waals surface area contributed by atoms with Gasteiger partial charge < -0.3 is 4.90 Å². The van der Waals surface area contributed by atoms with Crippen LogP contribution in [0.5, 0.6) is 0 Å². The number of nitrogens with one attached hydrogen (secondary N) is 2. The number of nitrogens with zero attached hydrogens (tertiary/aromatic N) is 2. The number of rotatable bonds is 12. The van der Waals surface area contributed by atoms with Crippen molar-refractivity contribution in [2.75, 3.05) is 27.2 Å². The first-order valence-corrected chi connectivity index (χ1v) is 11.5. The fourth-order valence-electron chi connectivity index (χ4n) is 3.56. The van der Waals surface area contributed by atoms with Crippen molar-refractivity contribution in [3.8, 4) is 0 Å². The molecule has 1 rings (SSSR count). The van der Waals surface area contributed by atoms with Crippen molar-refractivity contribution in [1.82, 2.24) is 20.8 Å². The highest BCUT2D eigenvalue weighted by molar-refractivity contribution is 5.89. The molecular formula is C25H40N4O4. The lowest BCUT2D eigenvalue weighted by Crippen LogP contribution is -2.53. The van der Waals surface area contributed by atoms with E-state index >= 15 is 0 Å². The molecule has 0 saturated carbocycles. The Morgan fingerprint density at radius 1 is 0.970 bits per heavy atom. The Balaban J connectivity index is 3.12. The van der Waals surface area contributed by atoms with Crippen molar-refractivity contribution >= 4 is 23.8 Å². The molecule has 8 heteroatoms. The van der Waals surface area contributed by atoms with E-state index in [9.17, 15) is 19.6 Å². The summed E-state index contributed by atoms with van der Waals surface area (Å²) >= 11 is 0. The average molecular weight is 461 g/mol. The summed E-state index contributed by atoms with van der Waals surface area (Å²) in [5.74, 6) is -2.49. The Labute approximate surface area is 197 Å². The standard InChI is InChI=1S/C25H40N4O4/c1-18(2)15-22(24(31)26-29(16-19(3)4)23(30)17-28(5)6)21(25(32)27-33)14-10-13-20-11-8-7-9-12-20/h7-13,18-19,21-22,33H,14-17H2,1-6H3,(H,26,31)(H,27,32)/b13-10+/t21-,22+/m0/s1. The van der Waals surface area contributed by atoms with E-state index in [0.717, 1.165) is 5.56 Å². The molecule has 184 valence electrons. The summed E-state index contributed by atoms with van der Waals surface area (Å²) < 4.78 is 0. The molecule has 2 atom stereocenters. The Morgan fingerprint density at radius 2 is 1.61 bits per heavy atom. The smallest absolute Gasteiger partial charge is 0.255 e. The van der Waals surface area contributed by atoms with Gasteiger partial charge >= 0.3 is 0 Å². The van der Waals surface area contributed by atoms with Crippen LogP contribution in [0.4, 0.5) is 0 Å². The van der Waals surface area contributed by atoms with E-state index in [1.165, 1.54) is 5.01 Å². The van der Waals surface area contributed by atoms with Crippen LogP contribution in [-0.2, 0) is 14.4 Å². The van der Waals surface area contributed by atoms with Crippen LogP contribution < -0.4 is 10.9 Å². The molecule has 0 radical (unpaired) electrons. The molecule has 0 heterocycles. The normalized spacial score (nSPS) is 13.4. The molecule has 0 saturated heterocycles. The molecule has 0 unspecified atom stereocenters. The van der Waals surface area contributed by atoms with Crippen LogP contribution in [0, 0.1) is 23.7 Å². The third kappa shape index (κ3) is 10.6. The maximum Gasteiger partial charge on any atom is 0.255 e. The van der Waals surface area contributed by atoms with Crippen LogP contribution >= 0.6 is 0 Å². The first kappa shape index (κ1) is 28.3. The first-order valence-electron chi connectivity index (χ1n) is 11.5. The lowest BCUT2D eigenvalue weighted by molar-refractivity contribution is -0.148. The summed E-state index contributed by atoms with van der Waals surface area (Å²) in [4.78, 5) is 40.4. The molecule has 3 amide bonds. The van der Waals surface area contributed by atoms with Gasteiger partial charge in [-0.1, -0.05) is 70.2 Å². The number of carbonyl (C=O) groups is 3. The highest BCUT2D eigenvalue weighted by Gasteiger charge is 2.35. The van der Waals surface area contributed by atoms with Crippen LogP contribution in [0.15, 0.2) is 36.4 Å². The van der Waals surface area contributed by atoms with Gasteiger partial charge in [0.05, 0.1) is 18.4 Å². The average Bonchev–Trinajstić information content (AvgIpc) is 2.74. The zero-order valence-electron chi connectivity index (χ0n) is 20.7. The van der Waals surface area contributed by atoms with Gasteiger partial charge in [-0.3, -0.25) is 30.0 Å². The minimum atomic E-state index is -0.790. The Bertz CT molecular complexity index is 778. The fraction of sp³-hybridized carbons (Fsp3) is 0.560. The van der Waals surface area contributed by atoms with Gasteiger partial charge in [-0.2, -0.15) is 0 Å². The third-order valence-corrected chi connectivity index (χ3v) is 5.04. The van der Waals surface area contributed by atoms with Gasteiger partial charge in [0, 0.05) is 6.54 Å². The molecule has 8 nitrogen and oxygen atoms in total. The number of likely N-dealkylation sites (N-methyl/N-ethyl adjacent to an activating group) is 1. The maximum atomic E-state index is 13.4. The molecule has 0 aliphatic rings. The molecule has 0 aliphatic heterocycles. The molecule has 3 N–H and O–H groups in total. The lowest BCUT2D eigenvalue weighted by atomic mass is 9.82. The number of hydroxylamine groups is 1. The van der Waals surface area contributed by atoms with Gasteiger partial charge in [-0.05, 0) is 44.3 Å². The molecule has 0 aliphatic carbocycles. The van der Waals surface area contributed by atoms with Gasteiger partial charge in [0.1, 0.15) is 0 Å². The largest absolute Gasteiger partial charge is 0.301 e. The summed E-state index contributed by atoms with van der Waals surface area (Å²) in [5.41, 5.74) is 5.45.